The first-order valence-electron chi connectivity index (χ1n) is 18.3. The molecular formula is C50H34N4. The minimum absolute atomic E-state index is 0.715. The third-order valence-corrected chi connectivity index (χ3v) is 10.2. The summed E-state index contributed by atoms with van der Waals surface area (Å²) in [6.45, 7) is 0. The third-order valence-electron chi connectivity index (χ3n) is 10.2. The molecule has 4 heteroatoms. The summed E-state index contributed by atoms with van der Waals surface area (Å²) in [6, 6.07) is 72.7. The summed E-state index contributed by atoms with van der Waals surface area (Å²) in [5.74, 6) is 0.715. The first kappa shape index (κ1) is 31.4. The monoisotopic (exact) mass is 690 g/mol. The van der Waals surface area contributed by atoms with Crippen molar-refractivity contribution in [2.45, 2.75) is 0 Å². The van der Waals surface area contributed by atoms with Gasteiger partial charge in [-0.05, 0) is 83.9 Å². The average molecular weight is 691 g/mol. The lowest BCUT2D eigenvalue weighted by atomic mass is 10.00. The molecule has 4 nitrogen and oxygen atoms in total. The molecule has 0 amide bonds. The molecule has 10 rings (SSSR count). The second-order valence-corrected chi connectivity index (χ2v) is 13.5. The van der Waals surface area contributed by atoms with E-state index in [2.05, 4.69) is 198 Å². The summed E-state index contributed by atoms with van der Waals surface area (Å²) in [4.78, 5) is 12.5. The Balaban J connectivity index is 1.08. The normalized spacial score (nSPS) is 11.3. The number of fused-ring (bicyclic) bond motifs is 4. The zero-order valence-corrected chi connectivity index (χ0v) is 29.4. The Labute approximate surface area is 313 Å². The minimum atomic E-state index is 0.715. The van der Waals surface area contributed by atoms with Crippen molar-refractivity contribution < 1.29 is 0 Å². The number of aromatic nitrogens is 3. The number of rotatable bonds is 7. The molecule has 0 unspecified atom stereocenters. The van der Waals surface area contributed by atoms with E-state index in [0.29, 0.717) is 5.82 Å². The van der Waals surface area contributed by atoms with Crippen LogP contribution >= 0.6 is 0 Å². The lowest BCUT2D eigenvalue weighted by Crippen LogP contribution is -2.10. The van der Waals surface area contributed by atoms with Crippen LogP contribution in [0.15, 0.2) is 206 Å². The van der Waals surface area contributed by atoms with Crippen LogP contribution in [0, 0.1) is 0 Å². The molecule has 0 saturated carbocycles. The smallest absolute Gasteiger partial charge is 0.160 e. The zero-order chi connectivity index (χ0) is 35.8. The predicted molar refractivity (Wildman–Crippen MR) is 225 cm³/mol. The summed E-state index contributed by atoms with van der Waals surface area (Å²) in [7, 11) is 0. The second-order valence-electron chi connectivity index (χ2n) is 13.5. The summed E-state index contributed by atoms with van der Waals surface area (Å²) in [5, 5.41) is 3.46. The van der Waals surface area contributed by atoms with Crippen LogP contribution in [-0.2, 0) is 0 Å². The molecule has 0 radical (unpaired) electrons. The van der Waals surface area contributed by atoms with Gasteiger partial charge in [0.15, 0.2) is 5.82 Å². The SMILES string of the molecule is c1ccc(-c2nc(-c3cccc(-c4ccc5c(c4)c4ccccc4n5-c4cccc(N(c5ccccc5)c5ccccc5)c4)c3)nc3ccccc23)cc1. The van der Waals surface area contributed by atoms with Gasteiger partial charge in [-0.2, -0.15) is 0 Å². The highest BCUT2D eigenvalue weighted by atomic mass is 15.1. The average Bonchev–Trinajstić information content (AvgIpc) is 3.58. The Morgan fingerprint density at radius 3 is 1.70 bits per heavy atom. The van der Waals surface area contributed by atoms with Crippen molar-refractivity contribution >= 4 is 49.8 Å². The van der Waals surface area contributed by atoms with Crippen LogP contribution in [-0.4, -0.2) is 14.5 Å². The molecule has 10 aromatic rings. The Kier molecular flexibility index (Phi) is 7.77. The topological polar surface area (TPSA) is 34.0 Å². The van der Waals surface area contributed by atoms with Gasteiger partial charge in [0.1, 0.15) is 0 Å². The van der Waals surface area contributed by atoms with Crippen molar-refractivity contribution in [1.29, 1.82) is 0 Å². The Morgan fingerprint density at radius 2 is 0.926 bits per heavy atom. The van der Waals surface area contributed by atoms with Crippen molar-refractivity contribution in [2.75, 3.05) is 4.90 Å². The number of hydrogen-bond acceptors (Lipinski definition) is 3. The molecule has 2 heterocycles. The van der Waals surface area contributed by atoms with Gasteiger partial charge in [-0.1, -0.05) is 133 Å². The lowest BCUT2D eigenvalue weighted by Gasteiger charge is -2.26. The number of anilines is 3. The summed E-state index contributed by atoms with van der Waals surface area (Å²) < 4.78 is 2.39. The molecule has 0 aliphatic carbocycles. The van der Waals surface area contributed by atoms with Crippen molar-refractivity contribution in [2.24, 2.45) is 0 Å². The maximum atomic E-state index is 5.14. The number of benzene rings is 8. The predicted octanol–water partition coefficient (Wildman–Crippen LogP) is 13.2. The summed E-state index contributed by atoms with van der Waals surface area (Å²) >= 11 is 0. The van der Waals surface area contributed by atoms with Crippen LogP contribution < -0.4 is 4.90 Å². The van der Waals surface area contributed by atoms with Crippen LogP contribution in [0.25, 0.3) is 72.2 Å². The van der Waals surface area contributed by atoms with Gasteiger partial charge in [-0.3, -0.25) is 0 Å². The van der Waals surface area contributed by atoms with Crippen molar-refractivity contribution in [1.82, 2.24) is 14.5 Å². The Bertz CT molecular complexity index is 2890. The van der Waals surface area contributed by atoms with E-state index in [9.17, 15) is 0 Å². The van der Waals surface area contributed by atoms with Crippen LogP contribution in [0.1, 0.15) is 0 Å². The molecule has 0 fully saturated rings. The van der Waals surface area contributed by atoms with Gasteiger partial charge < -0.3 is 9.47 Å². The molecule has 0 saturated heterocycles. The molecule has 254 valence electrons. The minimum Gasteiger partial charge on any atom is -0.310 e. The fourth-order valence-electron chi connectivity index (χ4n) is 7.66. The van der Waals surface area contributed by atoms with Gasteiger partial charge >= 0.3 is 0 Å². The molecule has 8 aromatic carbocycles. The highest BCUT2D eigenvalue weighted by molar-refractivity contribution is 6.10. The van der Waals surface area contributed by atoms with Gasteiger partial charge in [0, 0.05) is 50.0 Å². The molecule has 0 bridgehead atoms. The summed E-state index contributed by atoms with van der Waals surface area (Å²) in [5.41, 5.74) is 12.9. The fraction of sp³-hybridized carbons (Fsp3) is 0. The van der Waals surface area contributed by atoms with E-state index >= 15 is 0 Å². The second kappa shape index (κ2) is 13.4. The summed E-state index contributed by atoms with van der Waals surface area (Å²) in [6.07, 6.45) is 0. The lowest BCUT2D eigenvalue weighted by molar-refractivity contribution is 1.17. The maximum Gasteiger partial charge on any atom is 0.160 e. The number of para-hydroxylation sites is 4. The number of nitrogens with zero attached hydrogens (tertiary/aromatic N) is 4. The first-order valence-corrected chi connectivity index (χ1v) is 18.3. The third kappa shape index (κ3) is 5.58. The van der Waals surface area contributed by atoms with E-state index in [-0.39, 0.29) is 0 Å². The fourth-order valence-corrected chi connectivity index (χ4v) is 7.66. The molecule has 54 heavy (non-hydrogen) atoms. The van der Waals surface area contributed by atoms with E-state index in [1.807, 2.05) is 18.2 Å². The largest absolute Gasteiger partial charge is 0.310 e. The highest BCUT2D eigenvalue weighted by Gasteiger charge is 2.17. The molecule has 0 N–H and O–H groups in total. The van der Waals surface area contributed by atoms with Gasteiger partial charge in [-0.25, -0.2) is 9.97 Å². The quantitative estimate of drug-likeness (QED) is 0.167. The van der Waals surface area contributed by atoms with E-state index in [4.69, 9.17) is 9.97 Å². The number of hydrogen-bond donors (Lipinski definition) is 0. The van der Waals surface area contributed by atoms with Crippen LogP contribution in [0.2, 0.25) is 0 Å². The molecule has 0 spiro atoms. The Morgan fingerprint density at radius 1 is 0.352 bits per heavy atom. The van der Waals surface area contributed by atoms with E-state index in [0.717, 1.165) is 67.1 Å². The van der Waals surface area contributed by atoms with Crippen molar-refractivity contribution in [3.8, 4) is 39.5 Å². The molecule has 0 aliphatic heterocycles. The van der Waals surface area contributed by atoms with Gasteiger partial charge in [0.05, 0.1) is 22.2 Å². The first-order chi connectivity index (χ1) is 26.8. The van der Waals surface area contributed by atoms with Crippen molar-refractivity contribution in [3.05, 3.63) is 206 Å². The molecular weight excluding hydrogens is 657 g/mol. The van der Waals surface area contributed by atoms with E-state index in [1.54, 1.807) is 0 Å². The standard InChI is InChI=1S/C50H34N4/c1-4-16-35(17-5-1)49-44-27-10-12-28-46(44)51-50(52-49)38-19-14-18-36(32-38)37-30-31-48-45(33-37)43-26-11-13-29-47(43)54(48)42-25-15-24-41(34-42)53(39-20-6-2-7-21-39)40-22-8-3-9-23-40/h1-34H. The zero-order valence-electron chi connectivity index (χ0n) is 29.4. The van der Waals surface area contributed by atoms with Crippen LogP contribution in [0.3, 0.4) is 0 Å². The molecule has 0 aliphatic rings. The van der Waals surface area contributed by atoms with Gasteiger partial charge in [0.25, 0.3) is 0 Å². The van der Waals surface area contributed by atoms with Gasteiger partial charge in [0.2, 0.25) is 0 Å². The van der Waals surface area contributed by atoms with E-state index in [1.165, 1.54) is 16.3 Å². The van der Waals surface area contributed by atoms with Crippen LogP contribution in [0.5, 0.6) is 0 Å². The van der Waals surface area contributed by atoms with Gasteiger partial charge in [-0.15, -0.1) is 0 Å². The van der Waals surface area contributed by atoms with E-state index < -0.39 is 0 Å². The molecule has 2 aromatic heterocycles. The highest BCUT2D eigenvalue weighted by Crippen LogP contribution is 2.39. The maximum absolute atomic E-state index is 5.14. The molecule has 0 atom stereocenters. The van der Waals surface area contributed by atoms with Crippen molar-refractivity contribution in [3.63, 3.8) is 0 Å². The van der Waals surface area contributed by atoms with Crippen LogP contribution in [0.4, 0.5) is 17.1 Å². The Hall–Kier alpha value is -7.30.